The topological polar surface area (TPSA) is 16.1 Å². The molecule has 2 rings (SSSR count). The second-order valence-electron chi connectivity index (χ2n) is 4.69. The Morgan fingerprint density at radius 2 is 2.11 bits per heavy atom. The maximum Gasteiger partial charge on any atom is 0.419 e. The summed E-state index contributed by atoms with van der Waals surface area (Å²) >= 11 is 3.33. The lowest BCUT2D eigenvalue weighted by Crippen LogP contribution is -2.42. The van der Waals surface area contributed by atoms with Crippen LogP contribution in [0.3, 0.4) is 0 Å². The Bertz CT molecular complexity index is 419. The zero-order chi connectivity index (χ0) is 13.9. The fourth-order valence-corrected chi connectivity index (χ4v) is 2.49. The minimum atomic E-state index is -4.35. The second-order valence-corrected chi connectivity index (χ2v) is 5.49. The van der Waals surface area contributed by atoms with Crippen molar-refractivity contribution < 1.29 is 13.2 Å². The number of halogens is 4. The Kier molecular flexibility index (Phi) is 4.71. The van der Waals surface area contributed by atoms with Crippen molar-refractivity contribution in [3.05, 3.63) is 23.9 Å². The lowest BCUT2D eigenvalue weighted by atomic mass is 9.91. The molecule has 2 nitrogen and oxygen atoms in total. The molecule has 0 aromatic carbocycles. The van der Waals surface area contributed by atoms with E-state index in [1.54, 1.807) is 0 Å². The Hall–Kier alpha value is -0.780. The van der Waals surface area contributed by atoms with Crippen LogP contribution in [0.4, 0.5) is 19.0 Å². The summed E-state index contributed by atoms with van der Waals surface area (Å²) in [5, 5.41) is 0.782. The van der Waals surface area contributed by atoms with Crippen LogP contribution in [0, 0.1) is 0 Å². The number of hydrogen-bond acceptors (Lipinski definition) is 2. The molecule has 0 N–H and O–H groups in total. The maximum atomic E-state index is 13.0. The Balaban J connectivity index is 2.29. The Morgan fingerprint density at radius 1 is 1.37 bits per heavy atom. The lowest BCUT2D eigenvalue weighted by Gasteiger charge is -2.39. The lowest BCUT2D eigenvalue weighted by molar-refractivity contribution is -0.137. The summed E-state index contributed by atoms with van der Waals surface area (Å²) in [6.45, 7) is 0.607. The van der Waals surface area contributed by atoms with Gasteiger partial charge < -0.3 is 4.90 Å². The summed E-state index contributed by atoms with van der Waals surface area (Å²) in [4.78, 5) is 5.82. The van der Waals surface area contributed by atoms with Crippen LogP contribution in [-0.2, 0) is 6.18 Å². The largest absolute Gasteiger partial charge is 0.419 e. The predicted octanol–water partition coefficient (Wildman–Crippen LogP) is 4.24. The fraction of sp³-hybridized carbons (Fsp3) is 0.615. The van der Waals surface area contributed by atoms with Gasteiger partial charge in [-0.05, 0) is 37.8 Å². The van der Waals surface area contributed by atoms with Gasteiger partial charge in [0.1, 0.15) is 5.82 Å². The highest BCUT2D eigenvalue weighted by molar-refractivity contribution is 9.09. The maximum absolute atomic E-state index is 13.0. The molecule has 106 valence electrons. The van der Waals surface area contributed by atoms with Gasteiger partial charge in [0, 0.05) is 24.1 Å². The van der Waals surface area contributed by atoms with E-state index in [-0.39, 0.29) is 11.9 Å². The third-order valence-electron chi connectivity index (χ3n) is 3.41. The monoisotopic (exact) mass is 336 g/mol. The van der Waals surface area contributed by atoms with Crippen LogP contribution >= 0.6 is 15.9 Å². The van der Waals surface area contributed by atoms with Gasteiger partial charge in [-0.25, -0.2) is 4.98 Å². The van der Waals surface area contributed by atoms with Gasteiger partial charge in [-0.15, -0.1) is 0 Å². The van der Waals surface area contributed by atoms with Crippen molar-refractivity contribution >= 4 is 21.7 Å². The zero-order valence-electron chi connectivity index (χ0n) is 10.5. The van der Waals surface area contributed by atoms with E-state index in [0.717, 1.165) is 37.1 Å². The van der Waals surface area contributed by atoms with Gasteiger partial charge in [-0.1, -0.05) is 15.9 Å². The number of pyridine rings is 1. The van der Waals surface area contributed by atoms with Gasteiger partial charge in [-0.3, -0.25) is 0 Å². The highest BCUT2D eigenvalue weighted by atomic mass is 79.9. The molecule has 0 saturated heterocycles. The zero-order valence-corrected chi connectivity index (χ0v) is 12.0. The van der Waals surface area contributed by atoms with Crippen molar-refractivity contribution in [2.75, 3.05) is 16.8 Å². The minimum absolute atomic E-state index is 0.0839. The van der Waals surface area contributed by atoms with Gasteiger partial charge in [0.15, 0.2) is 0 Å². The fourth-order valence-electron chi connectivity index (χ4n) is 2.24. The molecule has 1 aliphatic carbocycles. The van der Waals surface area contributed by atoms with Crippen LogP contribution in [-0.4, -0.2) is 22.9 Å². The van der Waals surface area contributed by atoms with E-state index in [1.807, 2.05) is 4.90 Å². The molecule has 19 heavy (non-hydrogen) atoms. The molecule has 1 fully saturated rings. The molecule has 0 amide bonds. The van der Waals surface area contributed by atoms with Crippen LogP contribution < -0.4 is 4.90 Å². The molecule has 6 heteroatoms. The SMILES string of the molecule is FC(F)(F)c1cccnc1N(CCCBr)C1CCC1. The average molecular weight is 337 g/mol. The third-order valence-corrected chi connectivity index (χ3v) is 3.97. The number of rotatable bonds is 5. The molecule has 0 aliphatic heterocycles. The number of aromatic nitrogens is 1. The van der Waals surface area contributed by atoms with Crippen molar-refractivity contribution in [3.8, 4) is 0 Å². The van der Waals surface area contributed by atoms with E-state index >= 15 is 0 Å². The summed E-state index contributed by atoms with van der Waals surface area (Å²) in [7, 11) is 0. The summed E-state index contributed by atoms with van der Waals surface area (Å²) in [6, 6.07) is 2.66. The standard InChI is InChI=1S/C13H16BrF3N2/c14-7-3-9-19(10-4-1-5-10)12-11(13(15,16)17)6-2-8-18-12/h2,6,8,10H,1,3-5,7,9H2. The molecule has 0 spiro atoms. The molecule has 1 aliphatic rings. The predicted molar refractivity (Wildman–Crippen MR) is 72.6 cm³/mol. The molecule has 0 atom stereocenters. The second kappa shape index (κ2) is 6.11. The van der Waals surface area contributed by atoms with Gasteiger partial charge in [0.2, 0.25) is 0 Å². The Morgan fingerprint density at radius 3 is 2.63 bits per heavy atom. The third kappa shape index (κ3) is 3.41. The first-order valence-corrected chi connectivity index (χ1v) is 7.51. The van der Waals surface area contributed by atoms with E-state index in [9.17, 15) is 13.2 Å². The molecule has 0 unspecified atom stereocenters. The number of alkyl halides is 4. The van der Waals surface area contributed by atoms with Crippen molar-refractivity contribution in [1.29, 1.82) is 0 Å². The molecular formula is C13H16BrF3N2. The van der Waals surface area contributed by atoms with Crippen LogP contribution in [0.5, 0.6) is 0 Å². The van der Waals surface area contributed by atoms with E-state index in [0.29, 0.717) is 6.54 Å². The number of nitrogens with zero attached hydrogens (tertiary/aromatic N) is 2. The Labute approximate surface area is 119 Å². The van der Waals surface area contributed by atoms with Crippen LogP contribution in [0.15, 0.2) is 18.3 Å². The van der Waals surface area contributed by atoms with Gasteiger partial charge in [0.25, 0.3) is 0 Å². The summed E-state index contributed by atoms with van der Waals surface area (Å²) < 4.78 is 39.1. The van der Waals surface area contributed by atoms with E-state index in [4.69, 9.17) is 0 Å². The number of hydrogen-bond donors (Lipinski definition) is 0. The first kappa shape index (κ1) is 14.6. The van der Waals surface area contributed by atoms with Crippen molar-refractivity contribution in [1.82, 2.24) is 4.98 Å². The normalized spacial score (nSPS) is 16.2. The van der Waals surface area contributed by atoms with Crippen LogP contribution in [0.1, 0.15) is 31.2 Å². The molecule has 1 saturated carbocycles. The van der Waals surface area contributed by atoms with E-state index in [1.165, 1.54) is 12.3 Å². The summed E-state index contributed by atoms with van der Waals surface area (Å²) in [5.41, 5.74) is -0.628. The van der Waals surface area contributed by atoms with Crippen molar-refractivity contribution in [3.63, 3.8) is 0 Å². The molecular weight excluding hydrogens is 321 g/mol. The molecule has 1 aromatic heterocycles. The highest BCUT2D eigenvalue weighted by Crippen LogP contribution is 2.38. The van der Waals surface area contributed by atoms with E-state index < -0.39 is 11.7 Å². The highest BCUT2D eigenvalue weighted by Gasteiger charge is 2.37. The summed E-state index contributed by atoms with van der Waals surface area (Å²) in [5.74, 6) is 0.0839. The molecule has 0 radical (unpaired) electrons. The average Bonchev–Trinajstić information content (AvgIpc) is 2.31. The van der Waals surface area contributed by atoms with Gasteiger partial charge in [0.05, 0.1) is 5.56 Å². The summed E-state index contributed by atoms with van der Waals surface area (Å²) in [6.07, 6.45) is 0.894. The van der Waals surface area contributed by atoms with Crippen LogP contribution in [0.25, 0.3) is 0 Å². The van der Waals surface area contributed by atoms with Crippen molar-refractivity contribution in [2.45, 2.75) is 37.9 Å². The number of anilines is 1. The molecule has 1 heterocycles. The van der Waals surface area contributed by atoms with Gasteiger partial charge in [-0.2, -0.15) is 13.2 Å². The minimum Gasteiger partial charge on any atom is -0.353 e. The molecule has 1 aromatic rings. The first-order valence-electron chi connectivity index (χ1n) is 6.39. The molecule has 0 bridgehead atoms. The first-order chi connectivity index (χ1) is 9.04. The van der Waals surface area contributed by atoms with Gasteiger partial charge >= 0.3 is 6.18 Å². The van der Waals surface area contributed by atoms with E-state index in [2.05, 4.69) is 20.9 Å². The van der Waals surface area contributed by atoms with Crippen molar-refractivity contribution in [2.24, 2.45) is 0 Å². The quantitative estimate of drug-likeness (QED) is 0.747. The van der Waals surface area contributed by atoms with Crippen LogP contribution in [0.2, 0.25) is 0 Å². The smallest absolute Gasteiger partial charge is 0.353 e.